The van der Waals surface area contributed by atoms with Crippen LogP contribution in [-0.2, 0) is 9.53 Å². The molecule has 0 aliphatic heterocycles. The average Bonchev–Trinajstić information content (AvgIpc) is 2.86. The van der Waals surface area contributed by atoms with Crippen molar-refractivity contribution in [3.8, 4) is 0 Å². The van der Waals surface area contributed by atoms with Crippen LogP contribution in [0.3, 0.4) is 0 Å². The number of fused-ring (bicyclic) bond motifs is 1. The number of ether oxygens (including phenoxy) is 1. The van der Waals surface area contributed by atoms with E-state index in [2.05, 4.69) is 10.3 Å². The maximum atomic E-state index is 12.8. The highest BCUT2D eigenvalue weighted by molar-refractivity contribution is 6.31. The third kappa shape index (κ3) is 3.60. The number of rotatable bonds is 3. The van der Waals surface area contributed by atoms with E-state index >= 15 is 0 Å². The number of benzene rings is 1. The summed E-state index contributed by atoms with van der Waals surface area (Å²) in [5, 5.41) is 3.98. The topological polar surface area (TPSA) is 88.3 Å². The van der Waals surface area contributed by atoms with Crippen LogP contribution in [0, 0.1) is 0 Å². The van der Waals surface area contributed by atoms with Crippen LogP contribution in [0.2, 0.25) is 5.02 Å². The lowest BCUT2D eigenvalue weighted by Crippen LogP contribution is -2.55. The Morgan fingerprint density at radius 1 is 1.15 bits per heavy atom. The molecular formula is C19H21ClN2O4. The molecule has 2 N–H and O–H groups in total. The number of aromatic amines is 1. The number of carbonyl (C=O) groups is 2. The first-order valence-electron chi connectivity index (χ1n) is 8.69. The number of amides is 1. The second-order valence-electron chi connectivity index (χ2n) is 6.69. The first-order chi connectivity index (χ1) is 12.4. The van der Waals surface area contributed by atoms with Crippen LogP contribution in [0.15, 0.2) is 29.1 Å². The summed E-state index contributed by atoms with van der Waals surface area (Å²) < 4.78 is 4.94. The van der Waals surface area contributed by atoms with Crippen molar-refractivity contribution in [3.63, 3.8) is 0 Å². The molecule has 1 fully saturated rings. The van der Waals surface area contributed by atoms with Gasteiger partial charge in [0.05, 0.1) is 7.11 Å². The molecule has 0 saturated heterocycles. The number of H-pyrrole nitrogens is 1. The molecule has 0 unspecified atom stereocenters. The Morgan fingerprint density at radius 2 is 1.85 bits per heavy atom. The fraction of sp³-hybridized carbons (Fsp3) is 0.421. The van der Waals surface area contributed by atoms with Crippen molar-refractivity contribution in [2.24, 2.45) is 0 Å². The van der Waals surface area contributed by atoms with Crippen molar-refractivity contribution in [1.82, 2.24) is 10.3 Å². The van der Waals surface area contributed by atoms with Gasteiger partial charge < -0.3 is 15.0 Å². The number of hydrogen-bond donors (Lipinski definition) is 2. The molecule has 1 aliphatic carbocycles. The summed E-state index contributed by atoms with van der Waals surface area (Å²) in [6.07, 6.45) is 4.67. The molecule has 1 aromatic heterocycles. The van der Waals surface area contributed by atoms with E-state index in [4.69, 9.17) is 16.3 Å². The highest BCUT2D eigenvalue weighted by Crippen LogP contribution is 2.29. The Labute approximate surface area is 155 Å². The second-order valence-corrected chi connectivity index (χ2v) is 7.12. The number of methoxy groups -OCH3 is 1. The Morgan fingerprint density at radius 3 is 2.50 bits per heavy atom. The Bertz CT molecular complexity index is 898. The zero-order valence-corrected chi connectivity index (χ0v) is 15.3. The number of pyridine rings is 1. The third-order valence-corrected chi connectivity index (χ3v) is 5.17. The molecule has 7 heteroatoms. The number of halogens is 1. The Balaban J connectivity index is 1.96. The highest BCUT2D eigenvalue weighted by atomic mass is 35.5. The molecule has 2 aromatic rings. The van der Waals surface area contributed by atoms with Gasteiger partial charge in [0.2, 0.25) is 0 Å². The van der Waals surface area contributed by atoms with Crippen LogP contribution >= 0.6 is 11.6 Å². The fourth-order valence-electron chi connectivity index (χ4n) is 3.53. The fourth-order valence-corrected chi connectivity index (χ4v) is 3.71. The van der Waals surface area contributed by atoms with Crippen molar-refractivity contribution < 1.29 is 14.3 Å². The molecule has 1 heterocycles. The standard InChI is InChI=1S/C19H21ClN2O4/c1-26-18(25)19(8-4-2-3-5-9-19)22-17(24)14-10-12-6-7-13(20)11-15(12)21-16(14)23/h6-7,10-11H,2-5,8-9H2,1H3,(H,21,23)(H,22,24). The van der Waals surface area contributed by atoms with Gasteiger partial charge in [-0.25, -0.2) is 4.79 Å². The third-order valence-electron chi connectivity index (χ3n) is 4.94. The van der Waals surface area contributed by atoms with Gasteiger partial charge in [-0.1, -0.05) is 43.4 Å². The van der Waals surface area contributed by atoms with Crippen molar-refractivity contribution in [1.29, 1.82) is 0 Å². The van der Waals surface area contributed by atoms with Crippen molar-refractivity contribution >= 4 is 34.4 Å². The molecule has 0 atom stereocenters. The molecule has 26 heavy (non-hydrogen) atoms. The lowest BCUT2D eigenvalue weighted by atomic mass is 9.89. The Kier molecular flexibility index (Phi) is 5.32. The average molecular weight is 377 g/mol. The first kappa shape index (κ1) is 18.5. The van der Waals surface area contributed by atoms with Gasteiger partial charge in [0.1, 0.15) is 11.1 Å². The lowest BCUT2D eigenvalue weighted by Gasteiger charge is -2.30. The van der Waals surface area contributed by atoms with Gasteiger partial charge in [0.15, 0.2) is 0 Å². The predicted octanol–water partition coefficient (Wildman–Crippen LogP) is 3.18. The van der Waals surface area contributed by atoms with Crippen LogP contribution in [0.1, 0.15) is 48.9 Å². The summed E-state index contributed by atoms with van der Waals surface area (Å²) in [5.74, 6) is -1.04. The molecule has 0 spiro atoms. The molecule has 1 aliphatic rings. The summed E-state index contributed by atoms with van der Waals surface area (Å²) >= 11 is 5.93. The number of nitrogens with one attached hydrogen (secondary N) is 2. The largest absolute Gasteiger partial charge is 0.467 e. The summed E-state index contributed by atoms with van der Waals surface area (Å²) in [4.78, 5) is 40.3. The summed E-state index contributed by atoms with van der Waals surface area (Å²) in [6, 6.07) is 6.56. The Hall–Kier alpha value is -2.34. The number of hydrogen-bond acceptors (Lipinski definition) is 4. The number of aromatic nitrogens is 1. The molecule has 1 aromatic carbocycles. The van der Waals surface area contributed by atoms with Crippen LogP contribution in [0.25, 0.3) is 10.9 Å². The van der Waals surface area contributed by atoms with Crippen molar-refractivity contribution in [2.45, 2.75) is 44.1 Å². The predicted molar refractivity (Wildman–Crippen MR) is 99.5 cm³/mol. The van der Waals surface area contributed by atoms with Crippen LogP contribution in [-0.4, -0.2) is 29.5 Å². The van der Waals surface area contributed by atoms with Crippen LogP contribution < -0.4 is 10.9 Å². The molecule has 1 amide bonds. The van der Waals surface area contributed by atoms with E-state index in [0.29, 0.717) is 28.8 Å². The van der Waals surface area contributed by atoms with Gasteiger partial charge in [-0.2, -0.15) is 0 Å². The molecular weight excluding hydrogens is 356 g/mol. The monoisotopic (exact) mass is 376 g/mol. The highest BCUT2D eigenvalue weighted by Gasteiger charge is 2.41. The molecule has 3 rings (SSSR count). The van der Waals surface area contributed by atoms with E-state index in [9.17, 15) is 14.4 Å². The van der Waals surface area contributed by atoms with Crippen molar-refractivity contribution in [3.05, 3.63) is 45.2 Å². The molecule has 1 saturated carbocycles. The maximum absolute atomic E-state index is 12.8. The van der Waals surface area contributed by atoms with Gasteiger partial charge >= 0.3 is 5.97 Å². The summed E-state index contributed by atoms with van der Waals surface area (Å²) in [5.41, 5.74) is -1.08. The minimum absolute atomic E-state index is 0.0349. The summed E-state index contributed by atoms with van der Waals surface area (Å²) in [6.45, 7) is 0. The zero-order chi connectivity index (χ0) is 18.7. The minimum Gasteiger partial charge on any atom is -0.467 e. The van der Waals surface area contributed by atoms with E-state index in [1.54, 1.807) is 18.2 Å². The smallest absolute Gasteiger partial charge is 0.331 e. The summed E-state index contributed by atoms with van der Waals surface area (Å²) in [7, 11) is 1.31. The van der Waals surface area contributed by atoms with Crippen LogP contribution in [0.5, 0.6) is 0 Å². The van der Waals surface area contributed by atoms with Gasteiger partial charge in [0.25, 0.3) is 11.5 Å². The number of esters is 1. The zero-order valence-electron chi connectivity index (χ0n) is 14.6. The van der Waals surface area contributed by atoms with E-state index in [1.165, 1.54) is 13.2 Å². The van der Waals surface area contributed by atoms with E-state index in [1.807, 2.05) is 0 Å². The molecule has 0 bridgehead atoms. The SMILES string of the molecule is COC(=O)C1(NC(=O)c2cc3ccc(Cl)cc3[nH]c2=O)CCCCCC1. The van der Waals surface area contributed by atoms with Gasteiger partial charge in [-0.15, -0.1) is 0 Å². The quantitative estimate of drug-likeness (QED) is 0.636. The second kappa shape index (κ2) is 7.50. The maximum Gasteiger partial charge on any atom is 0.331 e. The minimum atomic E-state index is -1.08. The normalized spacial score (nSPS) is 16.7. The molecule has 0 radical (unpaired) electrons. The van der Waals surface area contributed by atoms with E-state index in [-0.39, 0.29) is 5.56 Å². The van der Waals surface area contributed by atoms with E-state index < -0.39 is 23.0 Å². The lowest BCUT2D eigenvalue weighted by molar-refractivity contribution is -0.148. The van der Waals surface area contributed by atoms with E-state index in [0.717, 1.165) is 25.7 Å². The van der Waals surface area contributed by atoms with Crippen LogP contribution in [0.4, 0.5) is 0 Å². The molecule has 138 valence electrons. The molecule has 6 nitrogen and oxygen atoms in total. The van der Waals surface area contributed by atoms with Gasteiger partial charge in [0, 0.05) is 10.5 Å². The number of carbonyl (C=O) groups excluding carboxylic acids is 2. The first-order valence-corrected chi connectivity index (χ1v) is 9.06. The van der Waals surface area contributed by atoms with Gasteiger partial charge in [-0.05, 0) is 36.4 Å². The van der Waals surface area contributed by atoms with Gasteiger partial charge in [-0.3, -0.25) is 9.59 Å². The van der Waals surface area contributed by atoms with Crippen molar-refractivity contribution in [2.75, 3.05) is 7.11 Å².